The summed E-state index contributed by atoms with van der Waals surface area (Å²) < 4.78 is 6.26. The largest absolute Gasteiger partial charge is 0.481 e. The van der Waals surface area contributed by atoms with Gasteiger partial charge in [-0.15, -0.1) is 0 Å². The van der Waals surface area contributed by atoms with E-state index in [1.165, 1.54) is 0 Å². The molecule has 1 amide bonds. The number of hydrogen-bond donors (Lipinski definition) is 1. The number of halogens is 1. The highest BCUT2D eigenvalue weighted by Gasteiger charge is 2.13. The second-order valence-electron chi connectivity index (χ2n) is 3.81. The Kier molecular flexibility index (Phi) is 5.22. The predicted molar refractivity (Wildman–Crippen MR) is 72.3 cm³/mol. The topological polar surface area (TPSA) is 38.3 Å². The molecular weight excluding hydrogens is 282 g/mol. The number of carbonyl (C=O) groups is 1. The van der Waals surface area contributed by atoms with Gasteiger partial charge in [-0.25, -0.2) is 0 Å². The SMILES string of the molecule is C=C(Br)CNC(=O)C(C)Oc1cccc(C)c1. The van der Waals surface area contributed by atoms with E-state index in [4.69, 9.17) is 4.74 Å². The van der Waals surface area contributed by atoms with E-state index >= 15 is 0 Å². The molecule has 0 fully saturated rings. The summed E-state index contributed by atoms with van der Waals surface area (Å²) in [6, 6.07) is 7.61. The lowest BCUT2D eigenvalue weighted by Crippen LogP contribution is -2.36. The Morgan fingerprint density at radius 1 is 1.59 bits per heavy atom. The standard InChI is InChI=1S/C13H16BrNO2/c1-9-5-4-6-12(7-9)17-11(3)13(16)15-8-10(2)14/h4-7,11H,2,8H2,1,3H3,(H,15,16). The normalized spacial score (nSPS) is 11.7. The Labute approximate surface area is 110 Å². The third kappa shape index (κ3) is 5.04. The molecule has 1 unspecified atom stereocenters. The summed E-state index contributed by atoms with van der Waals surface area (Å²) >= 11 is 3.18. The van der Waals surface area contributed by atoms with Crippen LogP contribution in [-0.4, -0.2) is 18.6 Å². The fourth-order valence-electron chi connectivity index (χ4n) is 1.27. The zero-order valence-corrected chi connectivity index (χ0v) is 11.6. The molecule has 4 heteroatoms. The summed E-state index contributed by atoms with van der Waals surface area (Å²) in [6.07, 6.45) is -0.524. The van der Waals surface area contributed by atoms with Crippen molar-refractivity contribution < 1.29 is 9.53 Å². The van der Waals surface area contributed by atoms with Crippen molar-refractivity contribution in [3.8, 4) is 5.75 Å². The van der Waals surface area contributed by atoms with Gasteiger partial charge in [-0.1, -0.05) is 34.6 Å². The van der Waals surface area contributed by atoms with E-state index in [-0.39, 0.29) is 5.91 Å². The van der Waals surface area contributed by atoms with Crippen molar-refractivity contribution in [3.05, 3.63) is 40.9 Å². The molecular formula is C13H16BrNO2. The van der Waals surface area contributed by atoms with Crippen LogP contribution in [0.4, 0.5) is 0 Å². The molecule has 0 aliphatic heterocycles. The third-order valence-corrected chi connectivity index (χ3v) is 2.41. The third-order valence-electron chi connectivity index (χ3n) is 2.13. The van der Waals surface area contributed by atoms with E-state index in [0.717, 1.165) is 10.0 Å². The number of amides is 1. The molecule has 1 N–H and O–H groups in total. The lowest BCUT2D eigenvalue weighted by atomic mass is 10.2. The van der Waals surface area contributed by atoms with Gasteiger partial charge in [0, 0.05) is 11.0 Å². The monoisotopic (exact) mass is 297 g/mol. The average molecular weight is 298 g/mol. The Morgan fingerprint density at radius 3 is 2.88 bits per heavy atom. The van der Waals surface area contributed by atoms with E-state index in [9.17, 15) is 4.79 Å². The van der Waals surface area contributed by atoms with Gasteiger partial charge in [0.05, 0.1) is 0 Å². The number of benzene rings is 1. The molecule has 0 saturated heterocycles. The summed E-state index contributed by atoms with van der Waals surface area (Å²) in [6.45, 7) is 7.74. The van der Waals surface area contributed by atoms with Crippen LogP contribution in [0.5, 0.6) is 5.75 Å². The molecule has 0 saturated carbocycles. The first-order chi connectivity index (χ1) is 7.99. The molecule has 0 aliphatic rings. The number of hydrogen-bond acceptors (Lipinski definition) is 2. The van der Waals surface area contributed by atoms with Crippen LogP contribution >= 0.6 is 15.9 Å². The molecule has 3 nitrogen and oxygen atoms in total. The molecule has 1 rings (SSSR count). The Morgan fingerprint density at radius 2 is 2.29 bits per heavy atom. The maximum atomic E-state index is 11.6. The minimum absolute atomic E-state index is 0.160. The van der Waals surface area contributed by atoms with Crippen LogP contribution < -0.4 is 10.1 Å². The minimum atomic E-state index is -0.524. The zero-order chi connectivity index (χ0) is 12.8. The quantitative estimate of drug-likeness (QED) is 0.907. The van der Waals surface area contributed by atoms with E-state index in [2.05, 4.69) is 27.8 Å². The van der Waals surface area contributed by atoms with Crippen LogP contribution in [0.2, 0.25) is 0 Å². The molecule has 0 aliphatic carbocycles. The fraction of sp³-hybridized carbons (Fsp3) is 0.308. The van der Waals surface area contributed by atoms with Crippen molar-refractivity contribution in [1.82, 2.24) is 5.32 Å². The molecule has 0 bridgehead atoms. The van der Waals surface area contributed by atoms with Crippen LogP contribution in [0.3, 0.4) is 0 Å². The van der Waals surface area contributed by atoms with E-state index in [1.807, 2.05) is 31.2 Å². The summed E-state index contributed by atoms with van der Waals surface area (Å²) in [5.74, 6) is 0.539. The lowest BCUT2D eigenvalue weighted by molar-refractivity contribution is -0.127. The fourth-order valence-corrected chi connectivity index (χ4v) is 1.41. The van der Waals surface area contributed by atoms with Crippen molar-refractivity contribution in [3.63, 3.8) is 0 Å². The van der Waals surface area contributed by atoms with E-state index in [0.29, 0.717) is 12.3 Å². The zero-order valence-electron chi connectivity index (χ0n) is 10.00. The number of rotatable bonds is 5. The smallest absolute Gasteiger partial charge is 0.261 e. The summed E-state index contributed by atoms with van der Waals surface area (Å²) in [7, 11) is 0. The number of carbonyl (C=O) groups excluding carboxylic acids is 1. The van der Waals surface area contributed by atoms with Gasteiger partial charge in [0.2, 0.25) is 0 Å². The highest BCUT2D eigenvalue weighted by Crippen LogP contribution is 2.14. The average Bonchev–Trinajstić information content (AvgIpc) is 2.25. The van der Waals surface area contributed by atoms with Gasteiger partial charge < -0.3 is 10.1 Å². The molecule has 1 aromatic rings. The van der Waals surface area contributed by atoms with Gasteiger partial charge >= 0.3 is 0 Å². The molecule has 1 atom stereocenters. The van der Waals surface area contributed by atoms with Crippen molar-refractivity contribution in [2.75, 3.05) is 6.54 Å². The van der Waals surface area contributed by atoms with Crippen molar-refractivity contribution >= 4 is 21.8 Å². The molecule has 0 radical (unpaired) electrons. The van der Waals surface area contributed by atoms with Crippen LogP contribution in [-0.2, 0) is 4.79 Å². The summed E-state index contributed by atoms with van der Waals surface area (Å²) in [4.78, 5) is 11.6. The Hall–Kier alpha value is -1.29. The molecule has 92 valence electrons. The van der Waals surface area contributed by atoms with Crippen molar-refractivity contribution in [1.29, 1.82) is 0 Å². The molecule has 1 aromatic carbocycles. The maximum Gasteiger partial charge on any atom is 0.261 e. The van der Waals surface area contributed by atoms with Crippen LogP contribution in [0, 0.1) is 6.92 Å². The van der Waals surface area contributed by atoms with E-state index in [1.54, 1.807) is 6.92 Å². The van der Waals surface area contributed by atoms with Gasteiger partial charge in [-0.3, -0.25) is 4.79 Å². The first kappa shape index (κ1) is 13.8. The maximum absolute atomic E-state index is 11.6. The van der Waals surface area contributed by atoms with Crippen molar-refractivity contribution in [2.24, 2.45) is 0 Å². The van der Waals surface area contributed by atoms with Crippen molar-refractivity contribution in [2.45, 2.75) is 20.0 Å². The second-order valence-corrected chi connectivity index (χ2v) is 4.93. The van der Waals surface area contributed by atoms with Gasteiger partial charge in [0.25, 0.3) is 5.91 Å². The van der Waals surface area contributed by atoms with Gasteiger partial charge in [0.1, 0.15) is 5.75 Å². The van der Waals surface area contributed by atoms with Gasteiger partial charge in [0.15, 0.2) is 6.10 Å². The summed E-state index contributed by atoms with van der Waals surface area (Å²) in [5.41, 5.74) is 1.10. The lowest BCUT2D eigenvalue weighted by Gasteiger charge is -2.14. The summed E-state index contributed by atoms with van der Waals surface area (Å²) in [5, 5.41) is 2.71. The predicted octanol–water partition coefficient (Wildman–Crippen LogP) is 2.79. The second kappa shape index (κ2) is 6.45. The first-order valence-electron chi connectivity index (χ1n) is 5.33. The number of nitrogens with one attached hydrogen (secondary N) is 1. The van der Waals surface area contributed by atoms with Crippen LogP contribution in [0.25, 0.3) is 0 Å². The van der Waals surface area contributed by atoms with Crippen LogP contribution in [0.15, 0.2) is 35.3 Å². The Balaban J connectivity index is 2.51. The van der Waals surface area contributed by atoms with Crippen LogP contribution in [0.1, 0.15) is 12.5 Å². The minimum Gasteiger partial charge on any atom is -0.481 e. The molecule has 0 spiro atoms. The Bertz CT molecular complexity index is 418. The number of aryl methyl sites for hydroxylation is 1. The van der Waals surface area contributed by atoms with E-state index < -0.39 is 6.10 Å². The molecule has 17 heavy (non-hydrogen) atoms. The first-order valence-corrected chi connectivity index (χ1v) is 6.12. The number of ether oxygens (including phenoxy) is 1. The highest BCUT2D eigenvalue weighted by atomic mass is 79.9. The van der Waals surface area contributed by atoms with Gasteiger partial charge in [-0.05, 0) is 31.5 Å². The van der Waals surface area contributed by atoms with Gasteiger partial charge in [-0.2, -0.15) is 0 Å². The molecule has 0 heterocycles. The molecule has 0 aromatic heterocycles. The highest BCUT2D eigenvalue weighted by molar-refractivity contribution is 9.11.